The lowest BCUT2D eigenvalue weighted by atomic mass is 10.2. The summed E-state index contributed by atoms with van der Waals surface area (Å²) in [6.07, 6.45) is 0. The molecule has 9 nitrogen and oxygen atoms in total. The van der Waals surface area contributed by atoms with Crippen molar-refractivity contribution in [3.63, 3.8) is 0 Å². The van der Waals surface area contributed by atoms with Gasteiger partial charge in [-0.3, -0.25) is 14.9 Å². The number of anilines is 1. The summed E-state index contributed by atoms with van der Waals surface area (Å²) in [5.74, 6) is -0.988. The second-order valence-corrected chi connectivity index (χ2v) is 8.90. The Morgan fingerprint density at radius 2 is 1.90 bits per heavy atom. The number of para-hydroxylation sites is 1. The van der Waals surface area contributed by atoms with Crippen LogP contribution in [0, 0.1) is 10.1 Å². The molecular formula is C18H13ClN4O5S. The number of hydrogen-bond donors (Lipinski definition) is 1. The Hall–Kier alpha value is -3.24. The zero-order chi connectivity index (χ0) is 20.8. The average Bonchev–Trinajstić information content (AvgIpc) is 3.15. The maximum absolute atomic E-state index is 12.8. The standard InChI is InChI=1S/C18H13ClN4O5S/c19-15-7-6-12(23(25)26)8-13(15)18(24)20-17-14-9-29(27,28)10-16(14)21-22(17)11-4-2-1-3-5-11/h1-8H,9-10H2,(H,20,24). The number of non-ortho nitro benzene ring substituents is 1. The van der Waals surface area contributed by atoms with Crippen molar-refractivity contribution in [1.29, 1.82) is 0 Å². The van der Waals surface area contributed by atoms with Gasteiger partial charge in [-0.1, -0.05) is 29.8 Å². The van der Waals surface area contributed by atoms with Gasteiger partial charge in [-0.2, -0.15) is 5.10 Å². The number of nitrogens with zero attached hydrogens (tertiary/aromatic N) is 3. The lowest BCUT2D eigenvalue weighted by molar-refractivity contribution is -0.384. The van der Waals surface area contributed by atoms with Gasteiger partial charge in [0.2, 0.25) is 0 Å². The molecular weight excluding hydrogens is 420 g/mol. The van der Waals surface area contributed by atoms with Crippen LogP contribution in [-0.2, 0) is 21.3 Å². The van der Waals surface area contributed by atoms with E-state index in [0.29, 0.717) is 16.9 Å². The quantitative estimate of drug-likeness (QED) is 0.499. The lowest BCUT2D eigenvalue weighted by Gasteiger charge is -2.11. The first-order valence-corrected chi connectivity index (χ1v) is 10.6. The summed E-state index contributed by atoms with van der Waals surface area (Å²) in [4.78, 5) is 23.2. The highest BCUT2D eigenvalue weighted by molar-refractivity contribution is 7.90. The molecule has 0 bridgehead atoms. The van der Waals surface area contributed by atoms with Gasteiger partial charge < -0.3 is 5.32 Å². The summed E-state index contributed by atoms with van der Waals surface area (Å²) in [5.41, 5.74) is 0.984. The van der Waals surface area contributed by atoms with E-state index in [2.05, 4.69) is 10.4 Å². The molecule has 0 fully saturated rings. The van der Waals surface area contributed by atoms with Crippen LogP contribution in [0.1, 0.15) is 21.6 Å². The zero-order valence-corrected chi connectivity index (χ0v) is 16.3. The molecule has 0 radical (unpaired) electrons. The number of nitrogens with one attached hydrogen (secondary N) is 1. The first kappa shape index (κ1) is 19.1. The lowest BCUT2D eigenvalue weighted by Crippen LogP contribution is -2.17. The fourth-order valence-corrected chi connectivity index (χ4v) is 4.80. The third kappa shape index (κ3) is 3.59. The summed E-state index contributed by atoms with van der Waals surface area (Å²) in [6, 6.07) is 12.4. The maximum atomic E-state index is 12.8. The largest absolute Gasteiger partial charge is 0.306 e. The number of carbonyl (C=O) groups is 1. The molecule has 29 heavy (non-hydrogen) atoms. The van der Waals surface area contributed by atoms with Crippen molar-refractivity contribution in [3.05, 3.63) is 80.5 Å². The van der Waals surface area contributed by atoms with Crippen molar-refractivity contribution in [1.82, 2.24) is 9.78 Å². The molecule has 11 heteroatoms. The van der Waals surface area contributed by atoms with Crippen molar-refractivity contribution in [2.24, 2.45) is 0 Å². The highest BCUT2D eigenvalue weighted by Crippen LogP contribution is 2.33. The maximum Gasteiger partial charge on any atom is 0.270 e. The molecule has 2 aromatic carbocycles. The summed E-state index contributed by atoms with van der Waals surface area (Å²) in [7, 11) is -3.35. The van der Waals surface area contributed by atoms with E-state index < -0.39 is 20.7 Å². The van der Waals surface area contributed by atoms with Gasteiger partial charge in [0, 0.05) is 17.7 Å². The van der Waals surface area contributed by atoms with Gasteiger partial charge in [0.05, 0.1) is 38.4 Å². The van der Waals surface area contributed by atoms with Crippen molar-refractivity contribution in [2.45, 2.75) is 11.5 Å². The SMILES string of the molecule is O=C(Nc1c2c(nn1-c1ccccc1)CS(=O)(=O)C2)c1cc([N+](=O)[O-])ccc1Cl. The predicted molar refractivity (Wildman–Crippen MR) is 106 cm³/mol. The second-order valence-electron chi connectivity index (χ2n) is 6.43. The predicted octanol–water partition coefficient (Wildman–Crippen LogP) is 3.11. The number of nitro benzene ring substituents is 1. The number of aromatic nitrogens is 2. The molecule has 4 rings (SSSR count). The minimum atomic E-state index is -3.35. The molecule has 1 aliphatic heterocycles. The summed E-state index contributed by atoms with van der Waals surface area (Å²) >= 11 is 6.05. The Morgan fingerprint density at radius 1 is 1.17 bits per heavy atom. The fraction of sp³-hybridized carbons (Fsp3) is 0.111. The number of hydrogen-bond acceptors (Lipinski definition) is 6. The molecule has 2 heterocycles. The Morgan fingerprint density at radius 3 is 2.59 bits per heavy atom. The van der Waals surface area contributed by atoms with Crippen LogP contribution < -0.4 is 5.32 Å². The number of nitro groups is 1. The molecule has 0 aliphatic carbocycles. The molecule has 1 amide bonds. The third-order valence-electron chi connectivity index (χ3n) is 4.43. The number of benzene rings is 2. The van der Waals surface area contributed by atoms with Gasteiger partial charge in [0.1, 0.15) is 5.82 Å². The Bertz CT molecular complexity index is 1250. The molecule has 0 saturated heterocycles. The van der Waals surface area contributed by atoms with Crippen LogP contribution in [0.3, 0.4) is 0 Å². The van der Waals surface area contributed by atoms with E-state index in [-0.39, 0.29) is 33.6 Å². The van der Waals surface area contributed by atoms with Gasteiger partial charge in [-0.05, 0) is 18.2 Å². The Balaban J connectivity index is 1.78. The van der Waals surface area contributed by atoms with Crippen molar-refractivity contribution in [3.8, 4) is 5.69 Å². The van der Waals surface area contributed by atoms with Crippen molar-refractivity contribution >= 4 is 38.9 Å². The molecule has 0 unspecified atom stereocenters. The normalized spacial score (nSPS) is 14.4. The molecule has 0 atom stereocenters. The molecule has 148 valence electrons. The number of sulfone groups is 1. The number of carbonyl (C=O) groups excluding carboxylic acids is 1. The first-order valence-electron chi connectivity index (χ1n) is 8.37. The van der Waals surface area contributed by atoms with E-state index in [0.717, 1.165) is 6.07 Å². The van der Waals surface area contributed by atoms with E-state index in [4.69, 9.17) is 11.6 Å². The summed E-state index contributed by atoms with van der Waals surface area (Å²) in [5, 5.41) is 18.0. The van der Waals surface area contributed by atoms with Gasteiger partial charge >= 0.3 is 0 Å². The molecule has 0 saturated carbocycles. The fourth-order valence-electron chi connectivity index (χ4n) is 3.10. The van der Waals surface area contributed by atoms with Crippen molar-refractivity contribution < 1.29 is 18.1 Å². The molecule has 3 aromatic rings. The monoisotopic (exact) mass is 432 g/mol. The minimum Gasteiger partial charge on any atom is -0.306 e. The smallest absolute Gasteiger partial charge is 0.270 e. The summed E-state index contributed by atoms with van der Waals surface area (Å²) < 4.78 is 25.5. The highest BCUT2D eigenvalue weighted by atomic mass is 35.5. The average molecular weight is 433 g/mol. The number of amides is 1. The highest BCUT2D eigenvalue weighted by Gasteiger charge is 2.33. The van der Waals surface area contributed by atoms with Crippen LogP contribution >= 0.6 is 11.6 Å². The van der Waals surface area contributed by atoms with E-state index in [1.165, 1.54) is 16.8 Å². The number of halogens is 1. The van der Waals surface area contributed by atoms with E-state index in [1.54, 1.807) is 24.3 Å². The van der Waals surface area contributed by atoms with Crippen LogP contribution in [0.2, 0.25) is 5.02 Å². The van der Waals surface area contributed by atoms with E-state index in [9.17, 15) is 23.3 Å². The van der Waals surface area contributed by atoms with Gasteiger partial charge in [0.15, 0.2) is 9.84 Å². The minimum absolute atomic E-state index is 0.0307. The van der Waals surface area contributed by atoms with Crippen LogP contribution in [-0.4, -0.2) is 29.0 Å². The summed E-state index contributed by atoms with van der Waals surface area (Å²) in [6.45, 7) is 0. The molecule has 1 aliphatic rings. The van der Waals surface area contributed by atoms with Crippen LogP contribution in [0.4, 0.5) is 11.5 Å². The molecule has 0 spiro atoms. The van der Waals surface area contributed by atoms with Crippen LogP contribution in [0.15, 0.2) is 48.5 Å². The third-order valence-corrected chi connectivity index (χ3v) is 6.20. The van der Waals surface area contributed by atoms with Crippen molar-refractivity contribution in [2.75, 3.05) is 5.32 Å². The van der Waals surface area contributed by atoms with Gasteiger partial charge in [-0.15, -0.1) is 0 Å². The molecule has 1 N–H and O–H groups in total. The van der Waals surface area contributed by atoms with Crippen LogP contribution in [0.25, 0.3) is 5.69 Å². The zero-order valence-electron chi connectivity index (χ0n) is 14.7. The second kappa shape index (κ2) is 6.98. The van der Waals surface area contributed by atoms with Crippen LogP contribution in [0.5, 0.6) is 0 Å². The first-order chi connectivity index (χ1) is 13.7. The number of fused-ring (bicyclic) bond motifs is 1. The Kier molecular flexibility index (Phi) is 4.59. The molecule has 1 aromatic heterocycles. The van der Waals surface area contributed by atoms with Gasteiger partial charge in [-0.25, -0.2) is 13.1 Å². The topological polar surface area (TPSA) is 124 Å². The van der Waals surface area contributed by atoms with E-state index >= 15 is 0 Å². The van der Waals surface area contributed by atoms with E-state index in [1.807, 2.05) is 6.07 Å². The number of rotatable bonds is 4. The Labute approximate surface area is 170 Å². The van der Waals surface area contributed by atoms with Gasteiger partial charge in [0.25, 0.3) is 11.6 Å².